The molecule has 7 nitrogen and oxygen atoms in total. The van der Waals surface area contributed by atoms with Crippen LogP contribution >= 0.6 is 0 Å². The molecule has 7 heteroatoms. The van der Waals surface area contributed by atoms with Crippen molar-refractivity contribution in [1.82, 2.24) is 14.7 Å². The second kappa shape index (κ2) is 15.6. The number of hydrogen-bond donors (Lipinski definition) is 1. The molecule has 4 aromatic carbocycles. The molecule has 0 aromatic heterocycles. The number of aliphatic carboxylic acids is 1. The van der Waals surface area contributed by atoms with Crippen molar-refractivity contribution in [3.05, 3.63) is 131 Å². The number of carboxylic acids is 1. The Bertz CT molecular complexity index is 1570. The van der Waals surface area contributed by atoms with Crippen LogP contribution < -0.4 is 0 Å². The molecule has 0 fully saturated rings. The van der Waals surface area contributed by atoms with Crippen molar-refractivity contribution in [2.75, 3.05) is 40.3 Å². The molecule has 0 saturated heterocycles. The van der Waals surface area contributed by atoms with Gasteiger partial charge in [0.05, 0.1) is 6.42 Å². The lowest BCUT2D eigenvalue weighted by atomic mass is 9.93. The smallest absolute Gasteiger partial charge is 0.305 e. The fourth-order valence-electron chi connectivity index (χ4n) is 5.22. The Kier molecular flexibility index (Phi) is 11.4. The van der Waals surface area contributed by atoms with Gasteiger partial charge in [0.25, 0.3) is 11.8 Å². The maximum atomic E-state index is 14.2. The third kappa shape index (κ3) is 8.64. The van der Waals surface area contributed by atoms with Gasteiger partial charge in [-0.2, -0.15) is 0 Å². The van der Waals surface area contributed by atoms with Crippen LogP contribution in [0, 0.1) is 6.92 Å². The van der Waals surface area contributed by atoms with Crippen molar-refractivity contribution in [3.8, 4) is 11.1 Å². The van der Waals surface area contributed by atoms with E-state index in [1.165, 1.54) is 0 Å². The highest BCUT2D eigenvalue weighted by Crippen LogP contribution is 2.30. The maximum Gasteiger partial charge on any atom is 0.305 e. The summed E-state index contributed by atoms with van der Waals surface area (Å²) in [7, 11) is 3.96. The van der Waals surface area contributed by atoms with Gasteiger partial charge in [-0.25, -0.2) is 0 Å². The number of rotatable bonds is 14. The summed E-state index contributed by atoms with van der Waals surface area (Å²) in [5.74, 6) is -1.33. The Morgan fingerprint density at radius 2 is 1.16 bits per heavy atom. The van der Waals surface area contributed by atoms with E-state index in [0.717, 1.165) is 16.7 Å². The number of benzene rings is 4. The van der Waals surface area contributed by atoms with Crippen molar-refractivity contribution in [2.24, 2.45) is 0 Å². The summed E-state index contributed by atoms with van der Waals surface area (Å²) in [6.07, 6.45) is 0.451. The third-order valence-electron chi connectivity index (χ3n) is 7.72. The standard InChI is InChI=1S/C37H41N3O4/c1-28-13-7-8-16-30(28)21-23-39(24-22-35(41)42)36(43)33-19-11-9-17-31(33)32-18-10-12-20-34(32)37(44)40(26-25-38(2)3)27-29-14-5-4-6-15-29/h4-20H,21-27H2,1-3H3,(H,41,42). The van der Waals surface area contributed by atoms with E-state index >= 15 is 0 Å². The summed E-state index contributed by atoms with van der Waals surface area (Å²) < 4.78 is 0. The topological polar surface area (TPSA) is 81.2 Å². The van der Waals surface area contributed by atoms with Crippen molar-refractivity contribution in [3.63, 3.8) is 0 Å². The van der Waals surface area contributed by atoms with E-state index in [2.05, 4.69) is 0 Å². The van der Waals surface area contributed by atoms with Crippen LogP contribution in [0.3, 0.4) is 0 Å². The molecule has 0 aliphatic carbocycles. The number of likely N-dealkylation sites (N-methyl/N-ethyl adjacent to an activating group) is 1. The zero-order valence-electron chi connectivity index (χ0n) is 25.8. The van der Waals surface area contributed by atoms with Crippen LogP contribution in [-0.4, -0.2) is 77.9 Å². The van der Waals surface area contributed by atoms with E-state index < -0.39 is 5.97 Å². The zero-order valence-corrected chi connectivity index (χ0v) is 25.8. The molecule has 0 bridgehead atoms. The van der Waals surface area contributed by atoms with E-state index in [0.29, 0.717) is 54.9 Å². The highest BCUT2D eigenvalue weighted by atomic mass is 16.4. The highest BCUT2D eigenvalue weighted by molar-refractivity contribution is 6.06. The van der Waals surface area contributed by atoms with E-state index in [4.69, 9.17) is 0 Å². The van der Waals surface area contributed by atoms with Gasteiger partial charge in [0.1, 0.15) is 0 Å². The number of carboxylic acid groups (broad SMARTS) is 1. The fourth-order valence-corrected chi connectivity index (χ4v) is 5.22. The summed E-state index contributed by atoms with van der Waals surface area (Å²) in [4.78, 5) is 45.3. The molecule has 0 aliphatic rings. The second-order valence-electron chi connectivity index (χ2n) is 11.2. The molecule has 1 N–H and O–H groups in total. The molecule has 44 heavy (non-hydrogen) atoms. The molecule has 2 amide bonds. The predicted molar refractivity (Wildman–Crippen MR) is 175 cm³/mol. The van der Waals surface area contributed by atoms with E-state index in [-0.39, 0.29) is 24.8 Å². The lowest BCUT2D eigenvalue weighted by Gasteiger charge is -2.27. The number of carbonyl (C=O) groups is 3. The minimum Gasteiger partial charge on any atom is -0.481 e. The van der Waals surface area contributed by atoms with Gasteiger partial charge in [-0.05, 0) is 67.4 Å². The maximum absolute atomic E-state index is 14.2. The van der Waals surface area contributed by atoms with Gasteiger partial charge >= 0.3 is 5.97 Å². The first-order valence-corrected chi connectivity index (χ1v) is 15.0. The van der Waals surface area contributed by atoms with E-state index in [9.17, 15) is 19.5 Å². The molecular weight excluding hydrogens is 550 g/mol. The van der Waals surface area contributed by atoms with Crippen LogP contribution in [0.4, 0.5) is 0 Å². The molecule has 0 atom stereocenters. The van der Waals surface area contributed by atoms with Gasteiger partial charge in [0.15, 0.2) is 0 Å². The van der Waals surface area contributed by atoms with Crippen LogP contribution in [0.2, 0.25) is 0 Å². The number of hydrogen-bond acceptors (Lipinski definition) is 4. The summed E-state index contributed by atoms with van der Waals surface area (Å²) in [6.45, 7) is 4.20. The number of carbonyl (C=O) groups excluding carboxylic acids is 2. The second-order valence-corrected chi connectivity index (χ2v) is 11.2. The number of aryl methyl sites for hydroxylation is 1. The number of amides is 2. The van der Waals surface area contributed by atoms with Crippen LogP contribution in [0.25, 0.3) is 11.1 Å². The minimum absolute atomic E-state index is 0.0876. The monoisotopic (exact) mass is 591 g/mol. The average molecular weight is 592 g/mol. The van der Waals surface area contributed by atoms with Crippen LogP contribution in [0.1, 0.15) is 43.8 Å². The summed E-state index contributed by atoms with van der Waals surface area (Å²) in [5.41, 5.74) is 5.54. The van der Waals surface area contributed by atoms with Gasteiger partial charge in [-0.15, -0.1) is 0 Å². The molecule has 0 heterocycles. The van der Waals surface area contributed by atoms with Crippen molar-refractivity contribution >= 4 is 17.8 Å². The van der Waals surface area contributed by atoms with Crippen molar-refractivity contribution < 1.29 is 19.5 Å². The quantitative estimate of drug-likeness (QED) is 0.194. The lowest BCUT2D eigenvalue weighted by molar-refractivity contribution is -0.137. The number of nitrogens with zero attached hydrogens (tertiary/aromatic N) is 3. The first kappa shape index (κ1) is 32.2. The summed E-state index contributed by atoms with van der Waals surface area (Å²) in [6, 6.07) is 32.6. The largest absolute Gasteiger partial charge is 0.481 e. The van der Waals surface area contributed by atoms with E-state index in [1.807, 2.05) is 122 Å². The molecule has 0 saturated carbocycles. The molecule has 4 rings (SSSR count). The molecule has 0 spiro atoms. The van der Waals surface area contributed by atoms with Crippen molar-refractivity contribution in [2.45, 2.75) is 26.3 Å². The van der Waals surface area contributed by atoms with Gasteiger partial charge < -0.3 is 19.8 Å². The first-order chi connectivity index (χ1) is 21.2. The molecule has 0 radical (unpaired) electrons. The minimum atomic E-state index is -0.959. The summed E-state index contributed by atoms with van der Waals surface area (Å²) >= 11 is 0. The van der Waals surface area contributed by atoms with Gasteiger partial charge in [-0.3, -0.25) is 14.4 Å². The Labute approximate surface area is 260 Å². The normalized spacial score (nSPS) is 10.9. The summed E-state index contributed by atoms with van der Waals surface area (Å²) in [5, 5.41) is 9.43. The Morgan fingerprint density at radius 3 is 1.75 bits per heavy atom. The van der Waals surface area contributed by atoms with E-state index in [1.54, 1.807) is 17.0 Å². The SMILES string of the molecule is Cc1ccccc1CCN(CCC(=O)O)C(=O)c1ccccc1-c1ccccc1C(=O)N(CCN(C)C)Cc1ccccc1. The van der Waals surface area contributed by atoms with Crippen LogP contribution in [0.15, 0.2) is 103 Å². The van der Waals surface area contributed by atoms with Gasteiger partial charge in [0.2, 0.25) is 0 Å². The first-order valence-electron chi connectivity index (χ1n) is 15.0. The van der Waals surface area contributed by atoms with Crippen LogP contribution in [-0.2, 0) is 17.8 Å². The Balaban J connectivity index is 1.68. The lowest BCUT2D eigenvalue weighted by Crippen LogP contribution is -2.36. The van der Waals surface area contributed by atoms with Crippen LogP contribution in [0.5, 0.6) is 0 Å². The average Bonchev–Trinajstić information content (AvgIpc) is 3.03. The molecule has 4 aromatic rings. The molecule has 0 unspecified atom stereocenters. The molecule has 0 aliphatic heterocycles. The zero-order chi connectivity index (χ0) is 31.5. The molecular formula is C37H41N3O4. The predicted octanol–water partition coefficient (Wildman–Crippen LogP) is 6.03. The Morgan fingerprint density at radius 1 is 0.614 bits per heavy atom. The van der Waals surface area contributed by atoms with Gasteiger partial charge in [0, 0.05) is 43.9 Å². The van der Waals surface area contributed by atoms with Crippen molar-refractivity contribution in [1.29, 1.82) is 0 Å². The molecule has 228 valence electrons. The van der Waals surface area contributed by atoms with Gasteiger partial charge in [-0.1, -0.05) is 91.0 Å². The Hall–Kier alpha value is -4.75. The highest BCUT2D eigenvalue weighted by Gasteiger charge is 2.25. The third-order valence-corrected chi connectivity index (χ3v) is 7.72. The fraction of sp³-hybridized carbons (Fsp3) is 0.270.